The normalized spacial score (nSPS) is 12.4. The van der Waals surface area contributed by atoms with E-state index in [9.17, 15) is 0 Å². The third-order valence-corrected chi connectivity index (χ3v) is 4.07. The average molecular weight is 308 g/mol. The van der Waals surface area contributed by atoms with Crippen molar-refractivity contribution < 1.29 is 4.74 Å². The van der Waals surface area contributed by atoms with Gasteiger partial charge in [0, 0.05) is 13.1 Å². The standard InChI is InChI=1S/C16H22ClN3O/c1-4-13(18)9-12-5-7-14(8-6-12)21-10-15-16(17)11(2)19-20(15)3/h5-8,13H,4,9-10,18H2,1-3H3. The van der Waals surface area contributed by atoms with E-state index >= 15 is 0 Å². The van der Waals surface area contributed by atoms with E-state index < -0.39 is 0 Å². The molecule has 21 heavy (non-hydrogen) atoms. The Morgan fingerprint density at radius 3 is 2.52 bits per heavy atom. The number of aromatic nitrogens is 2. The molecule has 0 saturated carbocycles. The lowest BCUT2D eigenvalue weighted by molar-refractivity contribution is 0.295. The lowest BCUT2D eigenvalue weighted by Crippen LogP contribution is -2.21. The van der Waals surface area contributed by atoms with Gasteiger partial charge in [0.15, 0.2) is 0 Å². The molecule has 0 radical (unpaired) electrons. The van der Waals surface area contributed by atoms with Gasteiger partial charge in [0.05, 0.1) is 16.4 Å². The van der Waals surface area contributed by atoms with Crippen molar-refractivity contribution >= 4 is 11.6 Å². The van der Waals surface area contributed by atoms with E-state index in [-0.39, 0.29) is 6.04 Å². The van der Waals surface area contributed by atoms with Gasteiger partial charge in [-0.3, -0.25) is 4.68 Å². The van der Waals surface area contributed by atoms with Crippen LogP contribution in [0.2, 0.25) is 5.02 Å². The van der Waals surface area contributed by atoms with Crippen molar-refractivity contribution in [2.45, 2.75) is 39.3 Å². The van der Waals surface area contributed by atoms with Gasteiger partial charge in [-0.1, -0.05) is 30.7 Å². The molecule has 1 unspecified atom stereocenters. The van der Waals surface area contributed by atoms with Crippen molar-refractivity contribution in [3.63, 3.8) is 0 Å². The molecule has 1 heterocycles. The molecule has 0 fully saturated rings. The van der Waals surface area contributed by atoms with E-state index in [0.29, 0.717) is 11.6 Å². The highest BCUT2D eigenvalue weighted by Crippen LogP contribution is 2.22. The van der Waals surface area contributed by atoms with E-state index in [1.54, 1.807) is 4.68 Å². The van der Waals surface area contributed by atoms with Gasteiger partial charge in [0.25, 0.3) is 0 Å². The molecular formula is C16H22ClN3O. The molecule has 2 N–H and O–H groups in total. The van der Waals surface area contributed by atoms with Crippen LogP contribution in [0.3, 0.4) is 0 Å². The van der Waals surface area contributed by atoms with Gasteiger partial charge in [-0.15, -0.1) is 0 Å². The zero-order valence-corrected chi connectivity index (χ0v) is 13.5. The van der Waals surface area contributed by atoms with Crippen molar-refractivity contribution in [3.05, 3.63) is 46.2 Å². The predicted octanol–water partition coefficient (Wildman–Crippen LogP) is 3.24. The van der Waals surface area contributed by atoms with Crippen molar-refractivity contribution in [2.24, 2.45) is 12.8 Å². The zero-order valence-electron chi connectivity index (χ0n) is 12.8. The third kappa shape index (κ3) is 3.99. The number of nitrogens with two attached hydrogens (primary N) is 1. The molecule has 0 bridgehead atoms. The van der Waals surface area contributed by atoms with Crippen LogP contribution in [0, 0.1) is 6.92 Å². The van der Waals surface area contributed by atoms with Crippen LogP contribution in [0.15, 0.2) is 24.3 Å². The van der Waals surface area contributed by atoms with Crippen molar-refractivity contribution in [3.8, 4) is 5.75 Å². The molecule has 1 aromatic heterocycles. The maximum absolute atomic E-state index is 6.20. The Hall–Kier alpha value is -1.52. The minimum atomic E-state index is 0.216. The molecule has 0 spiro atoms. The summed E-state index contributed by atoms with van der Waals surface area (Å²) in [6.45, 7) is 4.39. The Kier molecular flexibility index (Phi) is 5.26. The van der Waals surface area contributed by atoms with Crippen LogP contribution < -0.4 is 10.5 Å². The molecular weight excluding hydrogens is 286 g/mol. The largest absolute Gasteiger partial charge is 0.487 e. The first kappa shape index (κ1) is 15.9. The Balaban J connectivity index is 1.97. The number of hydrogen-bond acceptors (Lipinski definition) is 3. The lowest BCUT2D eigenvalue weighted by Gasteiger charge is -2.10. The second-order valence-electron chi connectivity index (χ2n) is 5.27. The third-order valence-electron chi connectivity index (χ3n) is 3.58. The van der Waals surface area contributed by atoms with E-state index in [0.717, 1.165) is 30.0 Å². The van der Waals surface area contributed by atoms with Crippen molar-refractivity contribution in [1.82, 2.24) is 9.78 Å². The minimum absolute atomic E-state index is 0.216. The predicted molar refractivity (Wildman–Crippen MR) is 85.7 cm³/mol. The second kappa shape index (κ2) is 6.96. The Labute approximate surface area is 130 Å². The molecule has 4 nitrogen and oxygen atoms in total. The summed E-state index contributed by atoms with van der Waals surface area (Å²) in [5, 5.41) is 4.94. The summed E-state index contributed by atoms with van der Waals surface area (Å²) in [5.74, 6) is 0.818. The number of ether oxygens (including phenoxy) is 1. The number of nitrogens with zero attached hydrogens (tertiary/aromatic N) is 2. The number of hydrogen-bond donors (Lipinski definition) is 1. The van der Waals surface area contributed by atoms with Gasteiger partial charge in [-0.25, -0.2) is 0 Å². The molecule has 0 aliphatic rings. The minimum Gasteiger partial charge on any atom is -0.487 e. The smallest absolute Gasteiger partial charge is 0.131 e. The molecule has 1 atom stereocenters. The topological polar surface area (TPSA) is 53.1 Å². The molecule has 2 rings (SSSR count). The SMILES string of the molecule is CCC(N)Cc1ccc(OCc2c(Cl)c(C)nn2C)cc1. The fourth-order valence-corrected chi connectivity index (χ4v) is 2.37. The summed E-state index contributed by atoms with van der Waals surface area (Å²) >= 11 is 6.20. The van der Waals surface area contributed by atoms with Gasteiger partial charge in [-0.05, 0) is 37.5 Å². The summed E-state index contributed by atoms with van der Waals surface area (Å²) in [6, 6.07) is 8.26. The molecule has 114 valence electrons. The molecule has 0 amide bonds. The quantitative estimate of drug-likeness (QED) is 0.891. The van der Waals surface area contributed by atoms with Gasteiger partial charge < -0.3 is 10.5 Å². The summed E-state index contributed by atoms with van der Waals surface area (Å²) in [5.41, 5.74) is 8.89. The Morgan fingerprint density at radius 2 is 2.00 bits per heavy atom. The first-order valence-electron chi connectivity index (χ1n) is 7.16. The van der Waals surface area contributed by atoms with E-state index in [1.165, 1.54) is 5.56 Å². The van der Waals surface area contributed by atoms with E-state index in [4.69, 9.17) is 22.1 Å². The average Bonchev–Trinajstić information content (AvgIpc) is 2.71. The monoisotopic (exact) mass is 307 g/mol. The number of aryl methyl sites for hydroxylation is 2. The number of halogens is 1. The Morgan fingerprint density at radius 1 is 1.33 bits per heavy atom. The summed E-state index contributed by atoms with van der Waals surface area (Å²) < 4.78 is 7.53. The maximum Gasteiger partial charge on any atom is 0.131 e. The lowest BCUT2D eigenvalue weighted by atomic mass is 10.0. The fourth-order valence-electron chi connectivity index (χ4n) is 2.16. The zero-order chi connectivity index (χ0) is 15.4. The van der Waals surface area contributed by atoms with Crippen LogP contribution in [0.25, 0.3) is 0 Å². The molecule has 2 aromatic rings. The van der Waals surface area contributed by atoms with Crippen LogP contribution in [0.1, 0.15) is 30.3 Å². The molecule has 1 aromatic carbocycles. The summed E-state index contributed by atoms with van der Waals surface area (Å²) in [7, 11) is 1.87. The molecule has 0 saturated heterocycles. The van der Waals surface area contributed by atoms with E-state index in [1.807, 2.05) is 26.1 Å². The molecule has 0 aliphatic heterocycles. The first-order chi connectivity index (χ1) is 10.0. The van der Waals surface area contributed by atoms with E-state index in [2.05, 4.69) is 24.2 Å². The van der Waals surface area contributed by atoms with Gasteiger partial charge in [0.1, 0.15) is 12.4 Å². The summed E-state index contributed by atoms with van der Waals surface area (Å²) in [4.78, 5) is 0. The maximum atomic E-state index is 6.20. The number of benzene rings is 1. The first-order valence-corrected chi connectivity index (χ1v) is 7.54. The van der Waals surface area contributed by atoms with Crippen LogP contribution in [0.5, 0.6) is 5.75 Å². The van der Waals surface area contributed by atoms with Crippen molar-refractivity contribution in [2.75, 3.05) is 0 Å². The highest BCUT2D eigenvalue weighted by atomic mass is 35.5. The van der Waals surface area contributed by atoms with Crippen molar-refractivity contribution in [1.29, 1.82) is 0 Å². The molecule has 0 aliphatic carbocycles. The molecule has 5 heteroatoms. The van der Waals surface area contributed by atoms with Gasteiger partial charge in [0.2, 0.25) is 0 Å². The van der Waals surface area contributed by atoms with Crippen LogP contribution >= 0.6 is 11.6 Å². The fraction of sp³-hybridized carbons (Fsp3) is 0.438. The number of rotatable bonds is 6. The van der Waals surface area contributed by atoms with Crippen LogP contribution in [-0.4, -0.2) is 15.8 Å². The van der Waals surface area contributed by atoms with Crippen LogP contribution in [-0.2, 0) is 20.1 Å². The highest BCUT2D eigenvalue weighted by Gasteiger charge is 2.11. The Bertz CT molecular complexity index is 592. The van der Waals surface area contributed by atoms with Gasteiger partial charge >= 0.3 is 0 Å². The van der Waals surface area contributed by atoms with Crippen LogP contribution in [0.4, 0.5) is 0 Å². The highest BCUT2D eigenvalue weighted by molar-refractivity contribution is 6.31. The second-order valence-corrected chi connectivity index (χ2v) is 5.65. The van der Waals surface area contributed by atoms with Gasteiger partial charge in [-0.2, -0.15) is 5.10 Å². The summed E-state index contributed by atoms with van der Waals surface area (Å²) in [6.07, 6.45) is 1.88.